The maximum Gasteiger partial charge on any atom is 0.337 e. The maximum absolute atomic E-state index is 11.4. The van der Waals surface area contributed by atoms with E-state index in [0.717, 1.165) is 37.4 Å². The average Bonchev–Trinajstić information content (AvgIpc) is 2.72. The van der Waals surface area contributed by atoms with Gasteiger partial charge in [0.25, 0.3) is 0 Å². The number of hydrogen-bond donors (Lipinski definition) is 0. The predicted molar refractivity (Wildman–Crippen MR) is 108 cm³/mol. The van der Waals surface area contributed by atoms with Gasteiger partial charge in [0, 0.05) is 24.3 Å². The Balaban J connectivity index is 1.64. The summed E-state index contributed by atoms with van der Waals surface area (Å²) in [6.07, 6.45) is 3.87. The molecule has 2 aromatic rings. The van der Waals surface area contributed by atoms with Crippen LogP contribution in [0.25, 0.3) is 6.08 Å². The van der Waals surface area contributed by atoms with Crippen LogP contribution in [0.5, 0.6) is 0 Å². The molecule has 138 valence electrons. The largest absolute Gasteiger partial charge is 0.465 e. The van der Waals surface area contributed by atoms with Crippen molar-refractivity contribution in [3.8, 4) is 11.8 Å². The van der Waals surface area contributed by atoms with Gasteiger partial charge in [0.2, 0.25) is 0 Å². The lowest BCUT2D eigenvalue weighted by molar-refractivity contribution is 0.0600. The quantitative estimate of drug-likeness (QED) is 0.617. The molecule has 4 heteroatoms. The number of hydrogen-bond acceptors (Lipinski definition) is 4. The number of methoxy groups -OCH3 is 1. The van der Waals surface area contributed by atoms with Crippen molar-refractivity contribution in [3.05, 3.63) is 70.8 Å². The molecule has 1 heterocycles. The number of aryl methyl sites for hydroxylation is 1. The van der Waals surface area contributed by atoms with Crippen molar-refractivity contribution in [1.29, 1.82) is 0 Å². The summed E-state index contributed by atoms with van der Waals surface area (Å²) in [7, 11) is 1.37. The van der Waals surface area contributed by atoms with E-state index in [1.54, 1.807) is 12.1 Å². The van der Waals surface area contributed by atoms with Gasteiger partial charge in [-0.05, 0) is 66.6 Å². The summed E-state index contributed by atoms with van der Waals surface area (Å²) in [5, 5.41) is 0. The summed E-state index contributed by atoms with van der Waals surface area (Å²) < 4.78 is 10.1. The minimum atomic E-state index is -0.342. The van der Waals surface area contributed by atoms with Crippen LogP contribution in [0.3, 0.4) is 0 Å². The lowest BCUT2D eigenvalue weighted by Gasteiger charge is -2.29. The monoisotopic (exact) mass is 361 g/mol. The van der Waals surface area contributed by atoms with E-state index < -0.39 is 0 Å². The van der Waals surface area contributed by atoms with Crippen LogP contribution < -0.4 is 4.90 Å². The summed E-state index contributed by atoms with van der Waals surface area (Å²) in [6, 6.07) is 13.6. The maximum atomic E-state index is 11.4. The zero-order valence-corrected chi connectivity index (χ0v) is 15.7. The number of ether oxygens (including phenoxy) is 2. The molecule has 0 atom stereocenters. The molecule has 0 spiro atoms. The second-order valence-corrected chi connectivity index (χ2v) is 6.31. The molecule has 2 aromatic carbocycles. The average molecular weight is 361 g/mol. The van der Waals surface area contributed by atoms with Crippen LogP contribution in [-0.2, 0) is 9.47 Å². The number of esters is 1. The van der Waals surface area contributed by atoms with Crippen molar-refractivity contribution in [3.63, 3.8) is 0 Å². The molecule has 0 amide bonds. The fraction of sp³-hybridized carbons (Fsp3) is 0.261. The Labute approximate surface area is 160 Å². The van der Waals surface area contributed by atoms with Gasteiger partial charge in [0.1, 0.15) is 0 Å². The highest BCUT2D eigenvalue weighted by Gasteiger charge is 2.11. The van der Waals surface area contributed by atoms with Gasteiger partial charge < -0.3 is 14.4 Å². The number of morpholine rings is 1. The number of anilines is 1. The summed E-state index contributed by atoms with van der Waals surface area (Å²) >= 11 is 0. The third kappa shape index (κ3) is 4.99. The van der Waals surface area contributed by atoms with Gasteiger partial charge in [0.05, 0.1) is 25.9 Å². The fourth-order valence-electron chi connectivity index (χ4n) is 2.93. The van der Waals surface area contributed by atoms with E-state index in [4.69, 9.17) is 4.74 Å². The second kappa shape index (κ2) is 9.07. The summed E-state index contributed by atoms with van der Waals surface area (Å²) in [5.41, 5.74) is 4.99. The van der Waals surface area contributed by atoms with Gasteiger partial charge in [-0.25, -0.2) is 4.79 Å². The zero-order valence-electron chi connectivity index (χ0n) is 15.7. The first-order valence-corrected chi connectivity index (χ1v) is 8.97. The van der Waals surface area contributed by atoms with Crippen molar-refractivity contribution in [2.75, 3.05) is 38.3 Å². The number of allylic oxidation sites excluding steroid dienone is 1. The highest BCUT2D eigenvalue weighted by atomic mass is 16.5. The lowest BCUT2D eigenvalue weighted by atomic mass is 10.1. The molecule has 27 heavy (non-hydrogen) atoms. The van der Waals surface area contributed by atoms with E-state index in [0.29, 0.717) is 5.56 Å². The van der Waals surface area contributed by atoms with Crippen molar-refractivity contribution >= 4 is 17.7 Å². The van der Waals surface area contributed by atoms with E-state index in [2.05, 4.69) is 46.6 Å². The Kier molecular flexibility index (Phi) is 6.30. The topological polar surface area (TPSA) is 38.8 Å². The highest BCUT2D eigenvalue weighted by Crippen LogP contribution is 2.21. The van der Waals surface area contributed by atoms with Gasteiger partial charge in [-0.15, -0.1) is 0 Å². The molecule has 0 aromatic heterocycles. The van der Waals surface area contributed by atoms with Gasteiger partial charge in [-0.2, -0.15) is 0 Å². The molecule has 0 aliphatic carbocycles. The number of nitrogens with zero attached hydrogens (tertiary/aromatic N) is 1. The molecular formula is C23H23NO3. The van der Waals surface area contributed by atoms with Crippen molar-refractivity contribution in [2.45, 2.75) is 6.92 Å². The molecular weight excluding hydrogens is 338 g/mol. The minimum absolute atomic E-state index is 0.342. The Bertz CT molecular complexity index is 882. The molecule has 0 unspecified atom stereocenters. The molecule has 0 N–H and O–H groups in total. The van der Waals surface area contributed by atoms with Crippen LogP contribution in [0.2, 0.25) is 0 Å². The van der Waals surface area contributed by atoms with Crippen LogP contribution in [0.1, 0.15) is 27.0 Å². The molecule has 0 radical (unpaired) electrons. The van der Waals surface area contributed by atoms with Crippen molar-refractivity contribution in [2.24, 2.45) is 0 Å². The molecule has 1 fully saturated rings. The van der Waals surface area contributed by atoms with Gasteiger partial charge in [-0.1, -0.05) is 17.9 Å². The Morgan fingerprint density at radius 1 is 1.15 bits per heavy atom. The van der Waals surface area contributed by atoms with Crippen molar-refractivity contribution < 1.29 is 14.3 Å². The van der Waals surface area contributed by atoms with E-state index in [-0.39, 0.29) is 5.97 Å². The first-order valence-electron chi connectivity index (χ1n) is 8.97. The smallest absolute Gasteiger partial charge is 0.337 e. The van der Waals surface area contributed by atoms with Gasteiger partial charge in [-0.3, -0.25) is 0 Å². The zero-order chi connectivity index (χ0) is 19.1. The molecule has 0 bridgehead atoms. The van der Waals surface area contributed by atoms with E-state index in [1.165, 1.54) is 18.4 Å². The molecule has 1 aliphatic rings. The van der Waals surface area contributed by atoms with Crippen LogP contribution in [0.4, 0.5) is 5.69 Å². The van der Waals surface area contributed by atoms with E-state index in [1.807, 2.05) is 24.3 Å². The number of rotatable bonds is 3. The summed E-state index contributed by atoms with van der Waals surface area (Å²) in [5.74, 6) is 5.77. The molecule has 3 rings (SSSR count). The van der Waals surface area contributed by atoms with E-state index >= 15 is 0 Å². The van der Waals surface area contributed by atoms with Gasteiger partial charge in [0.15, 0.2) is 0 Å². The lowest BCUT2D eigenvalue weighted by Crippen LogP contribution is -2.36. The number of benzene rings is 2. The standard InChI is InChI=1S/C23H23NO3/c1-18-17-22(24-13-15-27-16-14-24)12-11-20(18)6-4-3-5-19-7-9-21(10-8-19)23(25)26-2/h4,6-12,17H,13-16H2,1-2H3. The van der Waals surface area contributed by atoms with E-state index in [9.17, 15) is 4.79 Å². The summed E-state index contributed by atoms with van der Waals surface area (Å²) in [6.45, 7) is 5.57. The Morgan fingerprint density at radius 3 is 2.56 bits per heavy atom. The fourth-order valence-corrected chi connectivity index (χ4v) is 2.93. The SMILES string of the molecule is COC(=O)c1ccc(C#CC=Cc2ccc(N3CCOCC3)cc2C)cc1. The highest BCUT2D eigenvalue weighted by molar-refractivity contribution is 5.89. The first-order chi connectivity index (χ1) is 13.2. The molecule has 0 saturated carbocycles. The van der Waals surface area contributed by atoms with Gasteiger partial charge >= 0.3 is 5.97 Å². The third-order valence-electron chi connectivity index (χ3n) is 4.50. The number of carbonyl (C=O) groups excluding carboxylic acids is 1. The van der Waals surface area contributed by atoms with Crippen LogP contribution in [0, 0.1) is 18.8 Å². The predicted octanol–water partition coefficient (Wildman–Crippen LogP) is 3.68. The van der Waals surface area contributed by atoms with Crippen LogP contribution >= 0.6 is 0 Å². The number of carbonyl (C=O) groups is 1. The summed E-state index contributed by atoms with van der Waals surface area (Å²) in [4.78, 5) is 13.8. The van der Waals surface area contributed by atoms with Crippen LogP contribution in [-0.4, -0.2) is 39.4 Å². The minimum Gasteiger partial charge on any atom is -0.465 e. The van der Waals surface area contributed by atoms with Crippen LogP contribution in [0.15, 0.2) is 48.5 Å². The Morgan fingerprint density at radius 2 is 1.89 bits per heavy atom. The first kappa shape index (κ1) is 18.8. The third-order valence-corrected chi connectivity index (χ3v) is 4.50. The van der Waals surface area contributed by atoms with Crippen molar-refractivity contribution in [1.82, 2.24) is 0 Å². The normalized spacial score (nSPS) is 13.9. The molecule has 4 nitrogen and oxygen atoms in total. The Hall–Kier alpha value is -3.03. The second-order valence-electron chi connectivity index (χ2n) is 6.31. The molecule has 1 saturated heterocycles. The molecule has 1 aliphatic heterocycles.